The highest BCUT2D eigenvalue weighted by molar-refractivity contribution is 6.31. The molecule has 3 heteroatoms. The third-order valence-corrected chi connectivity index (χ3v) is 3.31. The number of aliphatic hydroxyl groups excluding tert-OH is 1. The van der Waals surface area contributed by atoms with Gasteiger partial charge in [0, 0.05) is 16.1 Å². The molecule has 0 aliphatic carbocycles. The molecule has 100 valence electrons. The summed E-state index contributed by atoms with van der Waals surface area (Å²) in [5, 5.41) is 10.4. The average Bonchev–Trinajstić information content (AvgIpc) is 2.38. The van der Waals surface area contributed by atoms with E-state index in [2.05, 4.69) is 0 Å². The lowest BCUT2D eigenvalue weighted by Gasteiger charge is -2.14. The van der Waals surface area contributed by atoms with Crippen LogP contribution in [0.1, 0.15) is 29.7 Å². The number of aryl methyl sites for hydroxylation is 1. The summed E-state index contributed by atoms with van der Waals surface area (Å²) in [6, 6.07) is 13.4. The molecule has 0 saturated heterocycles. The van der Waals surface area contributed by atoms with Gasteiger partial charge in [-0.3, -0.25) is 0 Å². The lowest BCUT2D eigenvalue weighted by Crippen LogP contribution is -2.01. The van der Waals surface area contributed by atoms with E-state index in [9.17, 15) is 5.11 Å². The zero-order valence-corrected chi connectivity index (χ0v) is 11.8. The van der Waals surface area contributed by atoms with Crippen molar-refractivity contribution in [3.8, 4) is 5.75 Å². The van der Waals surface area contributed by atoms with Crippen LogP contribution in [0, 0.1) is 6.92 Å². The van der Waals surface area contributed by atoms with Crippen molar-refractivity contribution in [2.75, 3.05) is 0 Å². The van der Waals surface area contributed by atoms with Crippen molar-refractivity contribution in [2.45, 2.75) is 26.6 Å². The molecule has 2 nitrogen and oxygen atoms in total. The van der Waals surface area contributed by atoms with Crippen LogP contribution >= 0.6 is 11.6 Å². The van der Waals surface area contributed by atoms with E-state index in [1.165, 1.54) is 0 Å². The predicted molar refractivity (Wildman–Crippen MR) is 77.6 cm³/mol. The van der Waals surface area contributed by atoms with Crippen LogP contribution in [0.4, 0.5) is 0 Å². The van der Waals surface area contributed by atoms with Gasteiger partial charge in [0.2, 0.25) is 0 Å². The third-order valence-electron chi connectivity index (χ3n) is 2.96. The topological polar surface area (TPSA) is 29.5 Å². The predicted octanol–water partition coefficient (Wildman–Crippen LogP) is 4.28. The molecule has 0 amide bonds. The van der Waals surface area contributed by atoms with Crippen molar-refractivity contribution in [3.63, 3.8) is 0 Å². The first kappa shape index (κ1) is 13.9. The molecule has 2 rings (SSSR count). The number of halogens is 1. The molecule has 0 aromatic heterocycles. The molecule has 1 N–H and O–H groups in total. The van der Waals surface area contributed by atoms with Crippen molar-refractivity contribution in [1.29, 1.82) is 0 Å². The molecule has 0 saturated carbocycles. The molecule has 0 bridgehead atoms. The highest BCUT2D eigenvalue weighted by Crippen LogP contribution is 2.26. The van der Waals surface area contributed by atoms with Gasteiger partial charge < -0.3 is 9.84 Å². The minimum atomic E-state index is -0.551. The van der Waals surface area contributed by atoms with Crippen molar-refractivity contribution < 1.29 is 9.84 Å². The zero-order valence-electron chi connectivity index (χ0n) is 11.1. The Hall–Kier alpha value is -1.51. The minimum absolute atomic E-state index is 0.392. The number of hydrogen-bond donors (Lipinski definition) is 1. The van der Waals surface area contributed by atoms with E-state index in [0.29, 0.717) is 17.4 Å². The molecule has 0 heterocycles. The summed E-state index contributed by atoms with van der Waals surface area (Å²) in [6.07, 6.45) is -0.551. The van der Waals surface area contributed by atoms with Crippen molar-refractivity contribution >= 4 is 11.6 Å². The molecule has 0 spiro atoms. The first-order valence-electron chi connectivity index (χ1n) is 6.22. The van der Waals surface area contributed by atoms with Gasteiger partial charge in [0.1, 0.15) is 12.4 Å². The van der Waals surface area contributed by atoms with Gasteiger partial charge in [-0.1, -0.05) is 41.9 Å². The van der Waals surface area contributed by atoms with E-state index in [1.807, 2.05) is 49.4 Å². The molecular weight excluding hydrogens is 260 g/mol. The molecule has 0 radical (unpaired) electrons. The van der Waals surface area contributed by atoms with E-state index in [-0.39, 0.29) is 0 Å². The fourth-order valence-electron chi connectivity index (χ4n) is 1.88. The number of ether oxygens (including phenoxy) is 1. The SMILES string of the molecule is Cc1ccc(COc2ccccc2[C@H](C)O)c(Cl)c1. The maximum Gasteiger partial charge on any atom is 0.125 e. The maximum absolute atomic E-state index is 9.69. The Morgan fingerprint density at radius 2 is 1.95 bits per heavy atom. The molecule has 0 unspecified atom stereocenters. The van der Waals surface area contributed by atoms with E-state index in [4.69, 9.17) is 16.3 Å². The van der Waals surface area contributed by atoms with E-state index < -0.39 is 6.10 Å². The maximum atomic E-state index is 9.69. The first-order chi connectivity index (χ1) is 9.08. The molecular formula is C16H17ClO2. The zero-order chi connectivity index (χ0) is 13.8. The van der Waals surface area contributed by atoms with E-state index in [1.54, 1.807) is 6.92 Å². The molecule has 1 atom stereocenters. The lowest BCUT2D eigenvalue weighted by atomic mass is 10.1. The van der Waals surface area contributed by atoms with Gasteiger partial charge in [-0.2, -0.15) is 0 Å². The number of rotatable bonds is 4. The van der Waals surface area contributed by atoms with Gasteiger partial charge >= 0.3 is 0 Å². The first-order valence-corrected chi connectivity index (χ1v) is 6.60. The average molecular weight is 277 g/mol. The smallest absolute Gasteiger partial charge is 0.125 e. The molecule has 0 aliphatic heterocycles. The van der Waals surface area contributed by atoms with Crippen molar-refractivity contribution in [2.24, 2.45) is 0 Å². The van der Waals surface area contributed by atoms with Crippen molar-refractivity contribution in [1.82, 2.24) is 0 Å². The quantitative estimate of drug-likeness (QED) is 0.903. The number of benzene rings is 2. The summed E-state index contributed by atoms with van der Waals surface area (Å²) in [4.78, 5) is 0. The molecule has 2 aromatic rings. The second kappa shape index (κ2) is 6.09. The molecule has 0 fully saturated rings. The Bertz CT molecular complexity index is 564. The highest BCUT2D eigenvalue weighted by atomic mass is 35.5. The van der Waals surface area contributed by atoms with Crippen LogP contribution in [-0.4, -0.2) is 5.11 Å². The summed E-state index contributed by atoms with van der Waals surface area (Å²) in [5.74, 6) is 0.689. The van der Waals surface area contributed by atoms with Crippen molar-refractivity contribution in [3.05, 3.63) is 64.2 Å². The van der Waals surface area contributed by atoms with Crippen LogP contribution in [0.5, 0.6) is 5.75 Å². The lowest BCUT2D eigenvalue weighted by molar-refractivity contribution is 0.190. The van der Waals surface area contributed by atoms with Crippen LogP contribution in [0.15, 0.2) is 42.5 Å². The van der Waals surface area contributed by atoms with Gasteiger partial charge in [0.25, 0.3) is 0 Å². The van der Waals surface area contributed by atoms with Crippen LogP contribution in [-0.2, 0) is 6.61 Å². The Balaban J connectivity index is 2.14. The number of aliphatic hydroxyl groups is 1. The third kappa shape index (κ3) is 3.49. The number of para-hydroxylation sites is 1. The fraction of sp³-hybridized carbons (Fsp3) is 0.250. The minimum Gasteiger partial charge on any atom is -0.488 e. The standard InChI is InChI=1S/C16H17ClO2/c1-11-7-8-13(15(17)9-11)10-19-16-6-4-3-5-14(16)12(2)18/h3-9,12,18H,10H2,1-2H3/t12-/m0/s1. The summed E-state index contributed by atoms with van der Waals surface area (Å²) >= 11 is 6.17. The van der Waals surface area contributed by atoms with Gasteiger partial charge in [0.05, 0.1) is 6.10 Å². The van der Waals surface area contributed by atoms with E-state index in [0.717, 1.165) is 16.7 Å². The van der Waals surface area contributed by atoms with Crippen LogP contribution in [0.3, 0.4) is 0 Å². The van der Waals surface area contributed by atoms with Crippen LogP contribution in [0.25, 0.3) is 0 Å². The largest absolute Gasteiger partial charge is 0.488 e. The normalized spacial score (nSPS) is 12.2. The Morgan fingerprint density at radius 1 is 1.21 bits per heavy atom. The molecule has 2 aromatic carbocycles. The summed E-state index contributed by atoms with van der Waals surface area (Å²) in [6.45, 7) is 4.11. The van der Waals surface area contributed by atoms with Gasteiger partial charge in [-0.15, -0.1) is 0 Å². The van der Waals surface area contributed by atoms with Gasteiger partial charge in [-0.05, 0) is 31.5 Å². The van der Waals surface area contributed by atoms with E-state index >= 15 is 0 Å². The monoisotopic (exact) mass is 276 g/mol. The highest BCUT2D eigenvalue weighted by Gasteiger charge is 2.09. The van der Waals surface area contributed by atoms with Gasteiger partial charge in [-0.25, -0.2) is 0 Å². The summed E-state index contributed by atoms with van der Waals surface area (Å²) in [5.41, 5.74) is 2.84. The fourth-order valence-corrected chi connectivity index (χ4v) is 2.17. The Labute approximate surface area is 118 Å². The van der Waals surface area contributed by atoms with Crippen LogP contribution < -0.4 is 4.74 Å². The second-order valence-electron chi connectivity index (χ2n) is 4.60. The van der Waals surface area contributed by atoms with Gasteiger partial charge in [0.15, 0.2) is 0 Å². The second-order valence-corrected chi connectivity index (χ2v) is 5.00. The Morgan fingerprint density at radius 3 is 2.63 bits per heavy atom. The molecule has 0 aliphatic rings. The Kier molecular flexibility index (Phi) is 4.46. The number of hydrogen-bond acceptors (Lipinski definition) is 2. The summed E-state index contributed by atoms with van der Waals surface area (Å²) in [7, 11) is 0. The summed E-state index contributed by atoms with van der Waals surface area (Å²) < 4.78 is 5.76. The van der Waals surface area contributed by atoms with Crippen LogP contribution in [0.2, 0.25) is 5.02 Å². The molecule has 19 heavy (non-hydrogen) atoms.